The van der Waals surface area contributed by atoms with Crippen molar-refractivity contribution in [1.29, 1.82) is 0 Å². The van der Waals surface area contributed by atoms with Crippen molar-refractivity contribution in [2.45, 2.75) is 0 Å². The van der Waals surface area contributed by atoms with E-state index < -0.39 is 11.9 Å². The number of hydrogen-bond donors (Lipinski definition) is 0. The maximum absolute atomic E-state index is 13.8. The first kappa shape index (κ1) is 28.6. The molecule has 0 saturated carbocycles. The molecule has 0 N–H and O–H groups in total. The summed E-state index contributed by atoms with van der Waals surface area (Å²) >= 11 is 7.19. The number of hydrogen-bond acceptors (Lipinski definition) is 4. The van der Waals surface area contributed by atoms with Crippen molar-refractivity contribution in [2.24, 2.45) is 0 Å². The molecule has 0 saturated heterocycles. The minimum absolute atomic E-state index is 0.0536. The molecule has 212 valence electrons. The van der Waals surface area contributed by atoms with Gasteiger partial charge in [0.1, 0.15) is 0 Å². The zero-order chi connectivity index (χ0) is 30.1. The first-order valence-electron chi connectivity index (χ1n) is 13.5. The average Bonchev–Trinajstić information content (AvgIpc) is 3.34. The van der Waals surface area contributed by atoms with E-state index in [2.05, 4.69) is 31.9 Å². The van der Waals surface area contributed by atoms with Crippen LogP contribution in [0.25, 0.3) is 55.9 Å². The molecule has 0 aliphatic rings. The Morgan fingerprint density at radius 1 is 0.698 bits per heavy atom. The maximum Gasteiger partial charge on any atom is 0.379 e. The summed E-state index contributed by atoms with van der Waals surface area (Å²) in [5.41, 5.74) is 3.49. The predicted molar refractivity (Wildman–Crippen MR) is 179 cm³/mol. The topological polar surface area (TPSA) is 56.5 Å². The van der Waals surface area contributed by atoms with Crippen LogP contribution in [0.3, 0.4) is 0 Å². The highest BCUT2D eigenvalue weighted by Crippen LogP contribution is 2.42. The molecule has 0 bridgehead atoms. The third-order valence-corrected chi connectivity index (χ3v) is 8.41. The molecule has 5 aromatic carbocycles. The number of ether oxygens (including phenoxy) is 2. The predicted octanol–water partition coefficient (Wildman–Crippen LogP) is 8.56. The van der Waals surface area contributed by atoms with Gasteiger partial charge >= 0.3 is 5.97 Å². The van der Waals surface area contributed by atoms with Gasteiger partial charge in [-0.3, -0.25) is 4.79 Å². The molecule has 1 heterocycles. The molecule has 0 unspecified atom stereocenters. The lowest BCUT2D eigenvalue weighted by Crippen LogP contribution is -2.39. The summed E-state index contributed by atoms with van der Waals surface area (Å²) in [4.78, 5) is 27.6. The molecule has 0 atom stereocenters. The van der Waals surface area contributed by atoms with Crippen LogP contribution >= 0.6 is 31.9 Å². The molecule has 6 rings (SSSR count). The van der Waals surface area contributed by atoms with Crippen molar-refractivity contribution in [3.05, 3.63) is 129 Å². The van der Waals surface area contributed by atoms with Crippen LogP contribution in [0.5, 0.6) is 0 Å². The number of aromatic nitrogens is 1. The standard InChI is InChI=1S/C36H25Br2NO4/c1-42-35(40)33(32-29-20-24(37)14-16-27(29)28-17-15-25(38)21-30(28)32)34(36(41)43-2)39-19-18-23(26-10-6-7-11-31(26)39)13-12-22-8-4-3-5-9-22/h3-21H,1-2H3/b13-12+,34-33-. The number of methoxy groups -OCH3 is 2. The number of fused-ring (bicyclic) bond motifs is 4. The monoisotopic (exact) mass is 693 g/mol. The quantitative estimate of drug-likeness (QED) is 0.0759. The van der Waals surface area contributed by atoms with E-state index in [1.165, 1.54) is 14.2 Å². The summed E-state index contributed by atoms with van der Waals surface area (Å²) in [6.45, 7) is 0. The highest BCUT2D eigenvalue weighted by molar-refractivity contribution is 9.10. The average molecular weight is 695 g/mol. The summed E-state index contributed by atoms with van der Waals surface area (Å²) in [5.74, 6) is -1.32. The Bertz CT molecular complexity index is 2050. The fourth-order valence-electron chi connectivity index (χ4n) is 5.51. The lowest BCUT2D eigenvalue weighted by Gasteiger charge is -2.16. The van der Waals surface area contributed by atoms with Gasteiger partial charge in [-0.05, 0) is 26.1 Å². The molecule has 0 aliphatic heterocycles. The fourth-order valence-corrected chi connectivity index (χ4v) is 6.23. The summed E-state index contributed by atoms with van der Waals surface area (Å²) in [6.07, 6.45) is 5.88. The summed E-state index contributed by atoms with van der Waals surface area (Å²) in [7, 11) is 2.63. The van der Waals surface area contributed by atoms with Crippen LogP contribution in [-0.2, 0) is 19.1 Å². The minimum Gasteiger partial charge on any atom is -0.490 e. The van der Waals surface area contributed by atoms with Crippen molar-refractivity contribution < 1.29 is 23.6 Å². The second-order valence-corrected chi connectivity index (χ2v) is 11.7. The van der Waals surface area contributed by atoms with E-state index in [1.54, 1.807) is 10.8 Å². The molecular weight excluding hydrogens is 670 g/mol. The largest absolute Gasteiger partial charge is 0.490 e. The van der Waals surface area contributed by atoms with Gasteiger partial charge in [0.15, 0.2) is 6.20 Å². The van der Waals surface area contributed by atoms with Gasteiger partial charge in [0, 0.05) is 12.1 Å². The Kier molecular flexibility index (Phi) is 8.02. The molecule has 0 radical (unpaired) electrons. The molecule has 0 amide bonds. The van der Waals surface area contributed by atoms with Crippen molar-refractivity contribution in [3.63, 3.8) is 0 Å². The fraction of sp³-hybridized carbons (Fsp3) is 0.0556. The first-order valence-corrected chi connectivity index (χ1v) is 15.0. The van der Waals surface area contributed by atoms with Crippen molar-refractivity contribution >= 4 is 99.7 Å². The Hall–Kier alpha value is -4.46. The maximum atomic E-state index is 13.8. The van der Waals surface area contributed by atoms with Gasteiger partial charge in [0.05, 0.1) is 25.2 Å². The van der Waals surface area contributed by atoms with E-state index >= 15 is 0 Å². The van der Waals surface area contributed by atoms with Gasteiger partial charge in [0.2, 0.25) is 5.52 Å². The lowest BCUT2D eigenvalue weighted by molar-refractivity contribution is -0.548. The van der Waals surface area contributed by atoms with Crippen LogP contribution in [-0.4, -0.2) is 26.2 Å². The number of rotatable bonds is 6. The number of benzene rings is 4. The number of esters is 2. The Labute approximate surface area is 265 Å². The first-order chi connectivity index (χ1) is 20.9. The van der Waals surface area contributed by atoms with Crippen LogP contribution < -0.4 is 4.57 Å². The zero-order valence-electron chi connectivity index (χ0n) is 23.3. The van der Waals surface area contributed by atoms with Gasteiger partial charge in [0.25, 0.3) is 11.7 Å². The van der Waals surface area contributed by atoms with Crippen LogP contribution in [0.2, 0.25) is 0 Å². The molecule has 0 aliphatic carbocycles. The van der Waals surface area contributed by atoms with Gasteiger partial charge < -0.3 is 9.47 Å². The summed E-state index contributed by atoms with van der Waals surface area (Å²) < 4.78 is 14.1. The Morgan fingerprint density at radius 3 is 1.93 bits per heavy atom. The van der Waals surface area contributed by atoms with Gasteiger partial charge in [-0.15, -0.1) is 0 Å². The number of halogens is 2. The molecule has 6 aromatic rings. The highest BCUT2D eigenvalue weighted by Gasteiger charge is 2.32. The van der Waals surface area contributed by atoms with Crippen LogP contribution in [0.1, 0.15) is 16.7 Å². The van der Waals surface area contributed by atoms with E-state index in [4.69, 9.17) is 9.47 Å². The van der Waals surface area contributed by atoms with Crippen LogP contribution in [0, 0.1) is 0 Å². The van der Waals surface area contributed by atoms with Gasteiger partial charge in [-0.1, -0.05) is 150 Å². The normalized spacial score (nSPS) is 12.2. The van der Waals surface area contributed by atoms with Crippen molar-refractivity contribution in [3.8, 4) is 0 Å². The third kappa shape index (κ3) is 5.31. The van der Waals surface area contributed by atoms with E-state index in [9.17, 15) is 9.59 Å². The molecule has 7 heteroatoms. The molecular formula is C36H25Br2NO4. The van der Waals surface area contributed by atoms with E-state index in [-0.39, 0.29) is 11.3 Å². The zero-order valence-corrected chi connectivity index (χ0v) is 26.5. The van der Waals surface area contributed by atoms with E-state index in [0.29, 0.717) is 5.56 Å². The number of pyridine rings is 1. The van der Waals surface area contributed by atoms with Gasteiger partial charge in [-0.2, -0.15) is 4.57 Å². The van der Waals surface area contributed by atoms with Gasteiger partial charge in [-0.25, -0.2) is 4.79 Å². The summed E-state index contributed by atoms with van der Waals surface area (Å²) in [5, 5.41) is 4.39. The van der Waals surface area contributed by atoms with Crippen molar-refractivity contribution in [1.82, 2.24) is 0 Å². The second-order valence-electron chi connectivity index (χ2n) is 9.86. The number of para-hydroxylation sites is 1. The SMILES string of the molecule is COC(=O)/C(=C(/C(=O)OC)[n+]1ccc(/C=C/c2ccccc2)c2ccccc21)[c-]1c2cc(Br)ccc2c2ccc(Br)cc21. The molecule has 1 aromatic heterocycles. The van der Waals surface area contributed by atoms with Crippen LogP contribution in [0.4, 0.5) is 0 Å². The molecule has 0 spiro atoms. The minimum atomic E-state index is -0.671. The third-order valence-electron chi connectivity index (χ3n) is 7.42. The number of nitrogens with zero attached hydrogens (tertiary/aromatic N) is 1. The Morgan fingerprint density at radius 2 is 1.30 bits per heavy atom. The van der Waals surface area contributed by atoms with Crippen molar-refractivity contribution in [2.75, 3.05) is 14.2 Å². The summed E-state index contributed by atoms with van der Waals surface area (Å²) in [6, 6.07) is 31.5. The van der Waals surface area contributed by atoms with E-state index in [1.807, 2.05) is 109 Å². The highest BCUT2D eigenvalue weighted by atomic mass is 79.9. The number of carbonyl (C=O) groups is 2. The number of carbonyl (C=O) groups excluding carboxylic acids is 2. The molecule has 5 nitrogen and oxygen atoms in total. The Balaban J connectivity index is 1.71. The molecule has 0 fully saturated rings. The van der Waals surface area contributed by atoms with E-state index in [0.717, 1.165) is 52.5 Å². The molecule has 43 heavy (non-hydrogen) atoms. The second kappa shape index (κ2) is 12.0. The lowest BCUT2D eigenvalue weighted by atomic mass is 9.99. The smallest absolute Gasteiger partial charge is 0.379 e. The van der Waals surface area contributed by atoms with Crippen LogP contribution in [0.15, 0.2) is 112 Å².